The van der Waals surface area contributed by atoms with E-state index in [2.05, 4.69) is 10.0 Å². The summed E-state index contributed by atoms with van der Waals surface area (Å²) in [5, 5.41) is 3.56. The molecule has 0 aliphatic carbocycles. The van der Waals surface area contributed by atoms with Gasteiger partial charge in [-0.25, -0.2) is 0 Å². The van der Waals surface area contributed by atoms with Crippen molar-refractivity contribution in [2.24, 2.45) is 5.11 Å². The Kier molecular flexibility index (Phi) is 12.5. The molecule has 1 atom stereocenters. The second kappa shape index (κ2) is 14.2. The Morgan fingerprint density at radius 2 is 1.29 bits per heavy atom. The Hall–Kier alpha value is -2.40. The number of ether oxygens (including phenoxy) is 3. The van der Waals surface area contributed by atoms with E-state index in [-0.39, 0.29) is 31.6 Å². The number of carbonyl (C=O) groups excluding carboxylic acids is 3. The molecule has 1 aliphatic rings. The molecule has 0 amide bonds. The van der Waals surface area contributed by atoms with Crippen molar-refractivity contribution in [3.8, 4) is 0 Å². The molecule has 35 heavy (non-hydrogen) atoms. The molecule has 12 heteroatoms. The summed E-state index contributed by atoms with van der Waals surface area (Å²) in [6.45, 7) is 14.3. The minimum Gasteiger partial charge on any atom is -0.468 e. The van der Waals surface area contributed by atoms with Crippen molar-refractivity contribution in [3.63, 3.8) is 0 Å². The van der Waals surface area contributed by atoms with E-state index in [0.717, 1.165) is 0 Å². The Bertz CT molecular complexity index is 715. The van der Waals surface area contributed by atoms with Crippen molar-refractivity contribution in [3.05, 3.63) is 10.4 Å². The molecule has 0 aromatic rings. The van der Waals surface area contributed by atoms with Crippen LogP contribution in [0.25, 0.3) is 10.4 Å². The lowest BCUT2D eigenvalue weighted by Gasteiger charge is -2.31. The van der Waals surface area contributed by atoms with E-state index in [9.17, 15) is 14.4 Å². The monoisotopic (exact) mass is 498 g/mol. The predicted octanol–water partition coefficient (Wildman–Crippen LogP) is 1.83. The maximum absolute atomic E-state index is 12.5. The molecule has 1 rings (SSSR count). The van der Waals surface area contributed by atoms with Crippen molar-refractivity contribution in [2.45, 2.75) is 65.2 Å². The molecular formula is C23H42N6O6. The number of rotatable bonds is 9. The average molecular weight is 499 g/mol. The highest BCUT2D eigenvalue weighted by Crippen LogP contribution is 2.13. The molecule has 1 saturated heterocycles. The molecule has 12 nitrogen and oxygen atoms in total. The van der Waals surface area contributed by atoms with Crippen LogP contribution in [0.1, 0.15) is 48.0 Å². The Labute approximate surface area is 208 Å². The fourth-order valence-corrected chi connectivity index (χ4v) is 3.71. The van der Waals surface area contributed by atoms with Gasteiger partial charge in [-0.1, -0.05) is 5.11 Å². The third-order valence-electron chi connectivity index (χ3n) is 5.16. The van der Waals surface area contributed by atoms with Crippen molar-refractivity contribution in [1.82, 2.24) is 14.7 Å². The lowest BCUT2D eigenvalue weighted by atomic mass is 10.1. The van der Waals surface area contributed by atoms with Gasteiger partial charge in [-0.2, -0.15) is 0 Å². The molecule has 0 N–H and O–H groups in total. The van der Waals surface area contributed by atoms with Gasteiger partial charge in [-0.15, -0.1) is 0 Å². The van der Waals surface area contributed by atoms with Gasteiger partial charge in [0.15, 0.2) is 0 Å². The summed E-state index contributed by atoms with van der Waals surface area (Å²) < 4.78 is 16.0. The van der Waals surface area contributed by atoms with E-state index < -0.39 is 23.2 Å². The molecule has 0 saturated carbocycles. The van der Waals surface area contributed by atoms with Gasteiger partial charge >= 0.3 is 17.9 Å². The summed E-state index contributed by atoms with van der Waals surface area (Å²) in [6, 6.07) is -0.615. The zero-order valence-corrected chi connectivity index (χ0v) is 22.3. The lowest BCUT2D eigenvalue weighted by molar-refractivity contribution is -0.158. The Morgan fingerprint density at radius 1 is 0.857 bits per heavy atom. The van der Waals surface area contributed by atoms with Crippen molar-refractivity contribution in [2.75, 3.05) is 66.0 Å². The van der Waals surface area contributed by atoms with Crippen LogP contribution in [0.2, 0.25) is 0 Å². The van der Waals surface area contributed by atoms with E-state index in [4.69, 9.17) is 19.7 Å². The van der Waals surface area contributed by atoms with E-state index in [1.807, 2.05) is 56.2 Å². The molecule has 0 aromatic carbocycles. The van der Waals surface area contributed by atoms with E-state index in [0.29, 0.717) is 45.7 Å². The van der Waals surface area contributed by atoms with Gasteiger partial charge in [0, 0.05) is 50.7 Å². The minimum atomic E-state index is -0.615. The zero-order chi connectivity index (χ0) is 26.6. The normalized spacial score (nSPS) is 17.8. The summed E-state index contributed by atoms with van der Waals surface area (Å²) >= 11 is 0. The maximum Gasteiger partial charge on any atom is 0.323 e. The van der Waals surface area contributed by atoms with Crippen molar-refractivity contribution >= 4 is 17.9 Å². The molecule has 0 radical (unpaired) electrons. The van der Waals surface area contributed by atoms with Crippen LogP contribution in [0, 0.1) is 0 Å². The third kappa shape index (κ3) is 13.3. The van der Waals surface area contributed by atoms with Gasteiger partial charge in [0.05, 0.1) is 20.2 Å². The summed E-state index contributed by atoms with van der Waals surface area (Å²) in [4.78, 5) is 46.1. The highest BCUT2D eigenvalue weighted by molar-refractivity contribution is 5.75. The second-order valence-corrected chi connectivity index (χ2v) is 10.5. The topological polar surface area (TPSA) is 137 Å². The third-order valence-corrected chi connectivity index (χ3v) is 5.16. The van der Waals surface area contributed by atoms with Crippen LogP contribution in [-0.2, 0) is 28.6 Å². The number of esters is 3. The summed E-state index contributed by atoms with van der Waals surface area (Å²) in [6.07, 6.45) is 0.300. The molecule has 1 unspecified atom stereocenters. The van der Waals surface area contributed by atoms with Crippen molar-refractivity contribution < 1.29 is 28.6 Å². The van der Waals surface area contributed by atoms with Crippen LogP contribution in [0.3, 0.4) is 0 Å². The first-order valence-corrected chi connectivity index (χ1v) is 11.9. The largest absolute Gasteiger partial charge is 0.468 e. The molecule has 0 bridgehead atoms. The number of hydrogen-bond donors (Lipinski definition) is 0. The van der Waals surface area contributed by atoms with Crippen LogP contribution in [0.4, 0.5) is 0 Å². The molecule has 200 valence electrons. The second-order valence-electron chi connectivity index (χ2n) is 10.5. The minimum absolute atomic E-state index is 0.0903. The van der Waals surface area contributed by atoms with Crippen LogP contribution in [-0.4, -0.2) is 116 Å². The van der Waals surface area contributed by atoms with Gasteiger partial charge in [0.1, 0.15) is 17.2 Å². The summed E-state index contributed by atoms with van der Waals surface area (Å²) in [5.74, 6) is -1.10. The van der Waals surface area contributed by atoms with Gasteiger partial charge in [0.25, 0.3) is 0 Å². The highest BCUT2D eigenvalue weighted by Gasteiger charge is 2.30. The quantitative estimate of drug-likeness (QED) is 0.153. The molecule has 0 aromatic heterocycles. The van der Waals surface area contributed by atoms with Gasteiger partial charge in [-0.3, -0.25) is 29.1 Å². The predicted molar refractivity (Wildman–Crippen MR) is 131 cm³/mol. The van der Waals surface area contributed by atoms with Crippen molar-refractivity contribution in [1.29, 1.82) is 0 Å². The number of methoxy groups -OCH3 is 1. The number of carbonyl (C=O) groups is 3. The maximum atomic E-state index is 12.5. The smallest absolute Gasteiger partial charge is 0.323 e. The zero-order valence-electron chi connectivity index (χ0n) is 22.3. The fraction of sp³-hybridized carbons (Fsp3) is 0.870. The molecule has 1 aliphatic heterocycles. The standard InChI is InChI=1S/C23H42N6O6/c1-22(2,3)34-19(30)16-27-10-11-28(17-20(31)35-23(4,5)6)13-15-29(14-12-27)18(21(32)33-7)8-9-25-26-24/h18H,8-17H2,1-7H3. The lowest BCUT2D eigenvalue weighted by Crippen LogP contribution is -2.48. The van der Waals surface area contributed by atoms with Gasteiger partial charge < -0.3 is 14.2 Å². The highest BCUT2D eigenvalue weighted by atomic mass is 16.6. The van der Waals surface area contributed by atoms with Gasteiger partial charge in [0.2, 0.25) is 0 Å². The van der Waals surface area contributed by atoms with E-state index >= 15 is 0 Å². The Morgan fingerprint density at radius 3 is 1.66 bits per heavy atom. The number of nitrogens with zero attached hydrogens (tertiary/aromatic N) is 6. The van der Waals surface area contributed by atoms with Crippen LogP contribution < -0.4 is 0 Å². The SMILES string of the molecule is COC(=O)C(CCN=[N+]=[N-])N1CCN(CC(=O)OC(C)(C)C)CCN(CC(=O)OC(C)(C)C)CC1. The fourth-order valence-electron chi connectivity index (χ4n) is 3.71. The average Bonchev–Trinajstić information content (AvgIpc) is 2.80. The summed E-state index contributed by atoms with van der Waals surface area (Å²) in [5.41, 5.74) is 7.44. The first-order valence-electron chi connectivity index (χ1n) is 11.9. The van der Waals surface area contributed by atoms with Crippen LogP contribution >= 0.6 is 0 Å². The molecule has 0 spiro atoms. The van der Waals surface area contributed by atoms with Gasteiger partial charge in [-0.05, 0) is 53.5 Å². The molecular weight excluding hydrogens is 456 g/mol. The summed E-state index contributed by atoms with van der Waals surface area (Å²) in [7, 11) is 1.32. The van der Waals surface area contributed by atoms with Crippen LogP contribution in [0.5, 0.6) is 0 Å². The number of azide groups is 1. The molecule has 1 fully saturated rings. The first kappa shape index (κ1) is 30.6. The first-order chi connectivity index (χ1) is 16.2. The molecule has 1 heterocycles. The van der Waals surface area contributed by atoms with E-state index in [1.165, 1.54) is 7.11 Å². The van der Waals surface area contributed by atoms with Crippen LogP contribution in [0.15, 0.2) is 5.11 Å². The van der Waals surface area contributed by atoms with E-state index in [1.54, 1.807) is 0 Å². The number of hydrogen-bond acceptors (Lipinski definition) is 10. The Balaban J connectivity index is 3.06.